The number of alkyl halides is 1. The fourth-order valence-corrected chi connectivity index (χ4v) is 17.2. The molecule has 7 aliphatic rings. The Labute approximate surface area is 488 Å². The monoisotopic (exact) mass is 1170 g/mol. The fourth-order valence-electron chi connectivity index (χ4n) is 16.7. The fraction of sp³-hybridized carbons (Fsp3) is 0.887. The molecule has 3 saturated heterocycles. The van der Waals surface area contributed by atoms with Gasteiger partial charge in [-0.25, -0.2) is 0 Å². The number of ether oxygens (including phenoxy) is 6. The molecule has 7 rings (SSSR count). The molecule has 0 aromatic carbocycles. The van der Waals surface area contributed by atoms with Crippen molar-refractivity contribution in [2.75, 3.05) is 40.8 Å². The number of nitrogens with one attached hydrogen (secondary N) is 1. The number of esters is 1. The van der Waals surface area contributed by atoms with Crippen LogP contribution in [0.2, 0.25) is 0 Å². The highest BCUT2D eigenvalue weighted by atomic mass is 35.5. The molecular weight excluding hydrogens is 1060 g/mol. The summed E-state index contributed by atoms with van der Waals surface area (Å²) in [6.45, 7) is 26.6. The van der Waals surface area contributed by atoms with Crippen molar-refractivity contribution in [3.05, 3.63) is 23.8 Å². The van der Waals surface area contributed by atoms with E-state index in [9.17, 15) is 45.0 Å². The Hall–Kier alpha value is -2.14. The van der Waals surface area contributed by atoms with Crippen LogP contribution in [0.15, 0.2) is 23.8 Å². The van der Waals surface area contributed by atoms with Gasteiger partial charge in [-0.05, 0) is 150 Å². The number of rotatable bonds is 12. The number of likely N-dealkylation sites (N-methyl/N-ethyl adjacent to an activating group) is 1. The number of aliphatic hydroxyl groups excluding tert-OH is 3. The highest BCUT2D eigenvalue weighted by Crippen LogP contribution is 2.71. The number of methoxy groups -OCH3 is 1. The van der Waals surface area contributed by atoms with Crippen LogP contribution in [0, 0.1) is 52.3 Å². The Balaban J connectivity index is 1.16. The van der Waals surface area contributed by atoms with E-state index in [0.717, 1.165) is 5.57 Å². The molecular formula is C62H104ClN3O15. The number of hydrogen-bond donors (Lipinski definition) is 7. The van der Waals surface area contributed by atoms with Crippen molar-refractivity contribution in [2.45, 2.75) is 255 Å². The predicted molar refractivity (Wildman–Crippen MR) is 307 cm³/mol. The van der Waals surface area contributed by atoms with Crippen molar-refractivity contribution in [2.24, 2.45) is 52.3 Å². The minimum atomic E-state index is -1.97. The molecule has 3 aliphatic heterocycles. The molecule has 18 nitrogen and oxygen atoms in total. The highest BCUT2D eigenvalue weighted by molar-refractivity contribution is 6.26. The molecule has 3 saturated carbocycles. The number of carbonyl (C=O) groups is 3. The predicted octanol–water partition coefficient (Wildman–Crippen LogP) is 5.67. The second-order valence-corrected chi connectivity index (χ2v) is 28.5. The largest absolute Gasteiger partial charge is 0.459 e. The maximum atomic E-state index is 14.8. The summed E-state index contributed by atoms with van der Waals surface area (Å²) >= 11 is 7.68. The molecule has 4 aliphatic carbocycles. The first-order chi connectivity index (χ1) is 37.5. The summed E-state index contributed by atoms with van der Waals surface area (Å²) in [5, 5.41) is 77.9. The van der Waals surface area contributed by atoms with Crippen LogP contribution in [-0.2, 0) is 42.8 Å². The van der Waals surface area contributed by atoms with Crippen molar-refractivity contribution in [3.63, 3.8) is 0 Å². The van der Waals surface area contributed by atoms with Crippen LogP contribution < -0.4 is 5.32 Å². The standard InChI is InChI=1S/C62H104ClN3O15/c1-18-47-60(14,74)51(70)39(8)66(25-19-24-64-55(72)62(75)34(3)26-44-43-21-20-41-28-42(67)22-23-56(41,10)61(43,63)46(68)30-57(44,62)11)32-33(2)29-58(12,73)52(81-54-49(69)45(65(15)16)27-35(4)77-54)36(5)50(37(6)53(71)79-47)80-48-31-59(13,76-17)38(7)40(9)78-48/h22-23,28,33-40,43-52,54,68-70,73-75H,18-21,24-27,29-32H2,1-17H3,(H,64,72)/t33-,34+,35-,36+,37-,38-,39-,40?,43?,44?,45-,46+,47-,48-,49-,50+,51-,52-,54+,56+,57+,58-,59+,60-,61+,62+/m1/s1. The van der Waals surface area contributed by atoms with Gasteiger partial charge >= 0.3 is 5.97 Å². The Morgan fingerprint density at radius 1 is 0.914 bits per heavy atom. The first-order valence-corrected chi connectivity index (χ1v) is 30.8. The van der Waals surface area contributed by atoms with Gasteiger partial charge in [0.1, 0.15) is 23.9 Å². The first kappa shape index (κ1) is 66.4. The number of aliphatic hydroxyl groups is 6. The van der Waals surface area contributed by atoms with Crippen molar-refractivity contribution in [3.8, 4) is 0 Å². The van der Waals surface area contributed by atoms with Crippen molar-refractivity contribution < 1.29 is 73.4 Å². The van der Waals surface area contributed by atoms with E-state index >= 15 is 0 Å². The molecule has 19 heteroatoms. The SMILES string of the molecule is CC[C@H]1OC(=O)[C@H](C)[C@@H](O[C@@H]2C[C@](C)(OC)[C@H](C)C(C)O2)[C@H](C)[C@@H](O[C@@H]2O[C@H](C)C[C@@H](N(C)C)[C@H]2O)[C@](C)(O)C[C@@H](C)CN(CCCNC(=O)[C@@]2(O)[C@@H](C)CC3C4CCC5=CC(=O)C=C[C@]5(C)[C@@]4(Cl)[C@@H](O)C[C@@]32C)[C@H](C)[C@@H](O)[C@]1(C)O. The lowest BCUT2D eigenvalue weighted by molar-refractivity contribution is -0.313. The Kier molecular flexibility index (Phi) is 20.1. The van der Waals surface area contributed by atoms with Crippen LogP contribution in [0.1, 0.15) is 155 Å². The van der Waals surface area contributed by atoms with Crippen LogP contribution in [0.3, 0.4) is 0 Å². The molecule has 0 bridgehead atoms. The smallest absolute Gasteiger partial charge is 0.311 e. The summed E-state index contributed by atoms with van der Waals surface area (Å²) in [5.74, 6) is -4.46. The molecule has 3 heterocycles. The zero-order chi connectivity index (χ0) is 60.5. The van der Waals surface area contributed by atoms with Crippen molar-refractivity contribution in [1.82, 2.24) is 15.1 Å². The highest BCUT2D eigenvalue weighted by Gasteiger charge is 2.75. The first-order valence-electron chi connectivity index (χ1n) is 30.4. The minimum Gasteiger partial charge on any atom is -0.459 e. The molecule has 0 aromatic heterocycles. The van der Waals surface area contributed by atoms with Gasteiger partial charge in [0.2, 0.25) is 0 Å². The van der Waals surface area contributed by atoms with Crippen LogP contribution in [0.4, 0.5) is 0 Å². The van der Waals surface area contributed by atoms with E-state index in [1.807, 2.05) is 85.4 Å². The van der Waals surface area contributed by atoms with Gasteiger partial charge < -0.3 is 69.3 Å². The number of cyclic esters (lactones) is 1. The van der Waals surface area contributed by atoms with E-state index in [4.69, 9.17) is 40.0 Å². The zero-order valence-corrected chi connectivity index (χ0v) is 52.6. The molecule has 1 amide bonds. The van der Waals surface area contributed by atoms with E-state index in [0.29, 0.717) is 45.1 Å². The van der Waals surface area contributed by atoms with Gasteiger partial charge in [0.25, 0.3) is 5.91 Å². The number of amides is 1. The molecule has 0 radical (unpaired) electrons. The van der Waals surface area contributed by atoms with Crippen molar-refractivity contribution >= 4 is 29.3 Å². The third-order valence-electron chi connectivity index (χ3n) is 22.1. The van der Waals surface area contributed by atoms with E-state index in [1.165, 1.54) is 13.0 Å². The lowest BCUT2D eigenvalue weighted by Gasteiger charge is -2.63. The Morgan fingerprint density at radius 3 is 2.21 bits per heavy atom. The number of nitrogens with zero attached hydrogens (tertiary/aromatic N) is 2. The maximum Gasteiger partial charge on any atom is 0.311 e. The molecule has 3 unspecified atom stereocenters. The average molecular weight is 1170 g/mol. The zero-order valence-electron chi connectivity index (χ0n) is 51.8. The number of hydrogen-bond acceptors (Lipinski definition) is 17. The Bertz CT molecular complexity index is 2300. The second kappa shape index (κ2) is 24.6. The van der Waals surface area contributed by atoms with Gasteiger partial charge in [0.15, 0.2) is 24.0 Å². The number of halogens is 1. The average Bonchev–Trinajstić information content (AvgIpc) is 2.79. The third-order valence-corrected chi connectivity index (χ3v) is 23.0. The van der Waals surface area contributed by atoms with E-state index in [-0.39, 0.29) is 80.1 Å². The van der Waals surface area contributed by atoms with Gasteiger partial charge in [-0.15, -0.1) is 11.6 Å². The molecule has 81 heavy (non-hydrogen) atoms. The van der Waals surface area contributed by atoms with Crippen molar-refractivity contribution in [1.29, 1.82) is 0 Å². The lowest BCUT2D eigenvalue weighted by atomic mass is 9.45. The number of ketones is 1. The quantitative estimate of drug-likeness (QED) is 0.0707. The van der Waals surface area contributed by atoms with Gasteiger partial charge in [0.05, 0.1) is 52.5 Å². The molecule has 0 aromatic rings. The minimum absolute atomic E-state index is 0.00583. The summed E-state index contributed by atoms with van der Waals surface area (Å²) in [7, 11) is 5.42. The van der Waals surface area contributed by atoms with Crippen LogP contribution >= 0.6 is 11.6 Å². The summed E-state index contributed by atoms with van der Waals surface area (Å²) < 4.78 is 39.0. The van der Waals surface area contributed by atoms with E-state index in [2.05, 4.69) is 12.2 Å². The molecule has 7 N–H and O–H groups in total. The summed E-state index contributed by atoms with van der Waals surface area (Å²) in [4.78, 5) is 44.7. The van der Waals surface area contributed by atoms with Crippen LogP contribution in [0.25, 0.3) is 0 Å². The summed E-state index contributed by atoms with van der Waals surface area (Å²) in [6, 6.07) is -1.09. The van der Waals surface area contributed by atoms with Gasteiger partial charge in [-0.2, -0.15) is 0 Å². The number of allylic oxidation sites excluding steroid dienone is 4. The van der Waals surface area contributed by atoms with Crippen LogP contribution in [0.5, 0.6) is 0 Å². The summed E-state index contributed by atoms with van der Waals surface area (Å²) in [6.07, 6.45) is -1.36. The van der Waals surface area contributed by atoms with E-state index < -0.39 is 123 Å². The van der Waals surface area contributed by atoms with Crippen LogP contribution in [-0.4, -0.2) is 200 Å². The molecule has 6 fully saturated rings. The number of carbonyl (C=O) groups excluding carboxylic acids is 3. The van der Waals surface area contributed by atoms with Gasteiger partial charge in [0, 0.05) is 67.9 Å². The third kappa shape index (κ3) is 11.9. The normalized spacial score (nSPS) is 50.3. The summed E-state index contributed by atoms with van der Waals surface area (Å²) in [5.41, 5.74) is -7.07. The topological polar surface area (TPSA) is 246 Å². The van der Waals surface area contributed by atoms with Gasteiger partial charge in [-0.1, -0.05) is 60.1 Å². The molecule has 26 atom stereocenters. The second-order valence-electron chi connectivity index (χ2n) is 27.8. The van der Waals surface area contributed by atoms with E-state index in [1.54, 1.807) is 40.9 Å². The molecule has 464 valence electrons. The van der Waals surface area contributed by atoms with Gasteiger partial charge in [-0.3, -0.25) is 19.3 Å². The lowest BCUT2D eigenvalue weighted by Crippen LogP contribution is -2.69. The molecule has 0 spiro atoms. The number of fused-ring (bicyclic) bond motifs is 5. The Morgan fingerprint density at radius 2 is 1.58 bits per heavy atom. The maximum absolute atomic E-state index is 14.8.